The number of hydrogen-bond donors (Lipinski definition) is 2. The van der Waals surface area contributed by atoms with Gasteiger partial charge in [-0.3, -0.25) is 0 Å². The highest BCUT2D eigenvalue weighted by Gasteiger charge is 2.21. The Hall–Kier alpha value is -0.630. The minimum Gasteiger partial charge on any atom is -0.395 e. The second kappa shape index (κ2) is 6.19. The summed E-state index contributed by atoms with van der Waals surface area (Å²) in [6, 6.07) is -0.225. The molecule has 2 atom stereocenters. The molecule has 1 heterocycles. The van der Waals surface area contributed by atoms with E-state index in [2.05, 4.69) is 10.2 Å². The third-order valence-electron chi connectivity index (χ3n) is 2.33. The molecule has 0 amide bonds. The van der Waals surface area contributed by atoms with Gasteiger partial charge in [0.2, 0.25) is 0 Å². The summed E-state index contributed by atoms with van der Waals surface area (Å²) in [7, 11) is 3.47. The Kier molecular flexibility index (Phi) is 5.20. The highest BCUT2D eigenvalue weighted by atomic mass is 32.2. The number of rotatable bonds is 6. The molecule has 0 aromatic carbocycles. The lowest BCUT2D eigenvalue weighted by atomic mass is 10.2. The van der Waals surface area contributed by atoms with Crippen LogP contribution in [0.5, 0.6) is 0 Å². The van der Waals surface area contributed by atoms with Gasteiger partial charge >= 0.3 is 0 Å². The second-order valence-corrected chi connectivity index (χ2v) is 4.75. The van der Waals surface area contributed by atoms with E-state index in [-0.39, 0.29) is 17.9 Å². The van der Waals surface area contributed by atoms with Gasteiger partial charge in [-0.05, 0) is 6.92 Å². The van der Waals surface area contributed by atoms with Gasteiger partial charge in [-0.15, -0.1) is 10.2 Å². The Labute approximate surface area is 99.2 Å². The number of thioether (sulfide) groups is 1. The number of methoxy groups -OCH3 is 1. The van der Waals surface area contributed by atoms with Crippen LogP contribution in [0.2, 0.25) is 0 Å². The van der Waals surface area contributed by atoms with Crippen LogP contribution in [0.1, 0.15) is 5.82 Å². The van der Waals surface area contributed by atoms with Gasteiger partial charge < -0.3 is 20.1 Å². The molecule has 1 rings (SSSR count). The third-order valence-corrected chi connectivity index (χ3v) is 3.69. The minimum absolute atomic E-state index is 0.0128. The van der Waals surface area contributed by atoms with Crippen molar-refractivity contribution in [3.8, 4) is 0 Å². The fourth-order valence-electron chi connectivity index (χ4n) is 1.19. The molecule has 0 fully saturated rings. The molecule has 2 unspecified atom stereocenters. The summed E-state index contributed by atoms with van der Waals surface area (Å²) in [5.41, 5.74) is 5.88. The number of aryl methyl sites for hydroxylation is 1. The number of aromatic nitrogens is 3. The van der Waals surface area contributed by atoms with Crippen LogP contribution in [0, 0.1) is 6.92 Å². The summed E-state index contributed by atoms with van der Waals surface area (Å²) in [4.78, 5) is 0. The summed E-state index contributed by atoms with van der Waals surface area (Å²) >= 11 is 1.42. The second-order valence-electron chi connectivity index (χ2n) is 3.55. The standard InChI is InChI=1S/C9H18N4O2S/c1-6-11-12-9(13(6)2)16-8(4-14)7(10)5-15-3/h7-8,14H,4-5,10H2,1-3H3. The van der Waals surface area contributed by atoms with Crippen LogP contribution in [0.3, 0.4) is 0 Å². The van der Waals surface area contributed by atoms with Crippen LogP contribution in [-0.2, 0) is 11.8 Å². The predicted octanol–water partition coefficient (Wildman–Crippen LogP) is -0.450. The van der Waals surface area contributed by atoms with E-state index in [0.717, 1.165) is 11.0 Å². The molecule has 0 saturated heterocycles. The number of nitrogens with zero attached hydrogens (tertiary/aromatic N) is 3. The Morgan fingerprint density at radius 3 is 2.69 bits per heavy atom. The topological polar surface area (TPSA) is 86.2 Å². The lowest BCUT2D eigenvalue weighted by Crippen LogP contribution is -2.39. The van der Waals surface area contributed by atoms with Crippen LogP contribution in [0.15, 0.2) is 5.16 Å². The zero-order valence-electron chi connectivity index (χ0n) is 9.75. The van der Waals surface area contributed by atoms with Crippen LogP contribution in [0.25, 0.3) is 0 Å². The van der Waals surface area contributed by atoms with Crippen molar-refractivity contribution in [3.05, 3.63) is 5.82 Å². The summed E-state index contributed by atoms with van der Waals surface area (Å²) in [6.07, 6.45) is 0. The molecular weight excluding hydrogens is 228 g/mol. The Bertz CT molecular complexity index is 331. The zero-order valence-corrected chi connectivity index (χ0v) is 10.6. The molecular formula is C9H18N4O2S. The van der Waals surface area contributed by atoms with Gasteiger partial charge in [0.05, 0.1) is 18.5 Å². The van der Waals surface area contributed by atoms with E-state index >= 15 is 0 Å². The highest BCUT2D eigenvalue weighted by Crippen LogP contribution is 2.22. The SMILES string of the molecule is COCC(N)C(CO)Sc1nnc(C)n1C. The van der Waals surface area contributed by atoms with Crippen molar-refractivity contribution in [2.75, 3.05) is 20.3 Å². The van der Waals surface area contributed by atoms with Crippen LogP contribution >= 0.6 is 11.8 Å². The fraction of sp³-hybridized carbons (Fsp3) is 0.778. The number of aliphatic hydroxyl groups excluding tert-OH is 1. The Morgan fingerprint density at radius 1 is 1.56 bits per heavy atom. The summed E-state index contributed by atoms with van der Waals surface area (Å²) < 4.78 is 6.84. The van der Waals surface area contributed by atoms with Crippen molar-refractivity contribution >= 4 is 11.8 Å². The third kappa shape index (κ3) is 3.18. The maximum atomic E-state index is 9.27. The molecule has 92 valence electrons. The molecule has 0 spiro atoms. The molecule has 16 heavy (non-hydrogen) atoms. The summed E-state index contributed by atoms with van der Waals surface area (Å²) in [6.45, 7) is 2.27. The van der Waals surface area contributed by atoms with Crippen LogP contribution in [-0.4, -0.2) is 51.5 Å². The first-order valence-electron chi connectivity index (χ1n) is 4.98. The summed E-state index contributed by atoms with van der Waals surface area (Å²) in [5.74, 6) is 0.833. The molecule has 0 aliphatic heterocycles. The van der Waals surface area contributed by atoms with E-state index in [0.29, 0.717) is 6.61 Å². The van der Waals surface area contributed by atoms with Gasteiger partial charge in [0.1, 0.15) is 5.82 Å². The van der Waals surface area contributed by atoms with Crippen molar-refractivity contribution in [1.82, 2.24) is 14.8 Å². The summed E-state index contributed by atoms with van der Waals surface area (Å²) in [5, 5.41) is 17.8. The number of ether oxygens (including phenoxy) is 1. The van der Waals surface area contributed by atoms with E-state index < -0.39 is 0 Å². The van der Waals surface area contributed by atoms with Gasteiger partial charge in [0.25, 0.3) is 0 Å². The number of hydrogen-bond acceptors (Lipinski definition) is 6. The highest BCUT2D eigenvalue weighted by molar-refractivity contribution is 7.99. The monoisotopic (exact) mass is 246 g/mol. The minimum atomic E-state index is -0.225. The normalized spacial score (nSPS) is 15.1. The molecule has 0 radical (unpaired) electrons. The number of aliphatic hydroxyl groups is 1. The smallest absolute Gasteiger partial charge is 0.191 e. The molecule has 3 N–H and O–H groups in total. The largest absolute Gasteiger partial charge is 0.395 e. The predicted molar refractivity (Wildman–Crippen MR) is 62.3 cm³/mol. The lowest BCUT2D eigenvalue weighted by Gasteiger charge is -2.19. The van der Waals surface area contributed by atoms with Crippen molar-refractivity contribution < 1.29 is 9.84 Å². The average molecular weight is 246 g/mol. The van der Waals surface area contributed by atoms with Gasteiger partial charge in [0.15, 0.2) is 5.16 Å². The first-order valence-corrected chi connectivity index (χ1v) is 5.86. The van der Waals surface area contributed by atoms with E-state index in [1.807, 2.05) is 18.5 Å². The van der Waals surface area contributed by atoms with Gasteiger partial charge in [-0.2, -0.15) is 0 Å². The fourth-order valence-corrected chi connectivity index (χ4v) is 2.16. The quantitative estimate of drug-likeness (QED) is 0.661. The van der Waals surface area contributed by atoms with E-state index in [4.69, 9.17) is 10.5 Å². The molecule has 1 aromatic heterocycles. The van der Waals surface area contributed by atoms with Gasteiger partial charge in [-0.25, -0.2) is 0 Å². The zero-order chi connectivity index (χ0) is 12.1. The maximum absolute atomic E-state index is 9.27. The lowest BCUT2D eigenvalue weighted by molar-refractivity contribution is 0.167. The molecule has 0 saturated carbocycles. The average Bonchev–Trinajstić information content (AvgIpc) is 2.57. The van der Waals surface area contributed by atoms with Crippen molar-refractivity contribution in [3.63, 3.8) is 0 Å². The molecule has 1 aromatic rings. The van der Waals surface area contributed by atoms with Crippen LogP contribution in [0.4, 0.5) is 0 Å². The molecule has 6 nitrogen and oxygen atoms in total. The van der Waals surface area contributed by atoms with E-state index in [1.165, 1.54) is 11.8 Å². The first-order chi connectivity index (χ1) is 7.60. The molecule has 7 heteroatoms. The van der Waals surface area contributed by atoms with Crippen molar-refractivity contribution in [2.45, 2.75) is 23.4 Å². The molecule has 0 bridgehead atoms. The van der Waals surface area contributed by atoms with Gasteiger partial charge in [-0.1, -0.05) is 11.8 Å². The maximum Gasteiger partial charge on any atom is 0.191 e. The Morgan fingerprint density at radius 2 is 2.25 bits per heavy atom. The number of nitrogens with two attached hydrogens (primary N) is 1. The van der Waals surface area contributed by atoms with E-state index in [9.17, 15) is 5.11 Å². The van der Waals surface area contributed by atoms with Crippen molar-refractivity contribution in [1.29, 1.82) is 0 Å². The van der Waals surface area contributed by atoms with Crippen LogP contribution < -0.4 is 5.73 Å². The Balaban J connectivity index is 2.66. The molecule has 0 aliphatic carbocycles. The van der Waals surface area contributed by atoms with Crippen molar-refractivity contribution in [2.24, 2.45) is 12.8 Å². The van der Waals surface area contributed by atoms with Gasteiger partial charge in [0, 0.05) is 20.2 Å². The van der Waals surface area contributed by atoms with E-state index in [1.54, 1.807) is 7.11 Å². The molecule has 0 aliphatic rings. The first kappa shape index (κ1) is 13.4.